The van der Waals surface area contributed by atoms with Gasteiger partial charge in [0.1, 0.15) is 0 Å². The van der Waals surface area contributed by atoms with Crippen molar-refractivity contribution in [2.45, 2.75) is 59.8 Å². The minimum atomic E-state index is 0.208. The van der Waals surface area contributed by atoms with Gasteiger partial charge in [-0.05, 0) is 59.8 Å². The Balaban J connectivity index is 3.74. The first-order valence-corrected chi connectivity index (χ1v) is 7.69. The topological polar surface area (TPSA) is 29.5 Å². The number of allylic oxidation sites excluding steroid dienone is 5. The van der Waals surface area contributed by atoms with Crippen LogP contribution in [-0.2, 0) is 4.74 Å². The van der Waals surface area contributed by atoms with Gasteiger partial charge < -0.3 is 9.84 Å². The van der Waals surface area contributed by atoms with Gasteiger partial charge in [0.05, 0.1) is 6.61 Å². The first-order valence-electron chi connectivity index (χ1n) is 7.69. The molecule has 0 aromatic rings. The Morgan fingerprint density at radius 2 is 1.50 bits per heavy atom. The predicted octanol–water partition coefficient (Wildman–Crippen LogP) is 4.80. The Morgan fingerprint density at radius 1 is 0.900 bits per heavy atom. The van der Waals surface area contributed by atoms with Crippen LogP contribution >= 0.6 is 0 Å². The third kappa shape index (κ3) is 13.6. The fourth-order valence-corrected chi connectivity index (χ4v) is 1.79. The molecule has 0 bridgehead atoms. The van der Waals surface area contributed by atoms with E-state index in [1.807, 2.05) is 0 Å². The second-order valence-corrected chi connectivity index (χ2v) is 5.61. The van der Waals surface area contributed by atoms with Crippen molar-refractivity contribution in [2.24, 2.45) is 0 Å². The number of ether oxygens (including phenoxy) is 1. The zero-order valence-electron chi connectivity index (χ0n) is 13.7. The summed E-state index contributed by atoms with van der Waals surface area (Å²) in [4.78, 5) is 0. The molecule has 1 N–H and O–H groups in total. The molecule has 2 nitrogen and oxygen atoms in total. The molecule has 20 heavy (non-hydrogen) atoms. The van der Waals surface area contributed by atoms with E-state index >= 15 is 0 Å². The maximum Gasteiger partial charge on any atom is 0.0649 e. The molecule has 0 aromatic carbocycles. The summed E-state index contributed by atoms with van der Waals surface area (Å²) < 4.78 is 5.39. The van der Waals surface area contributed by atoms with Gasteiger partial charge in [-0.2, -0.15) is 0 Å². The van der Waals surface area contributed by atoms with Crippen molar-refractivity contribution in [1.82, 2.24) is 0 Å². The second-order valence-electron chi connectivity index (χ2n) is 5.61. The van der Waals surface area contributed by atoms with E-state index in [1.165, 1.54) is 16.7 Å². The highest BCUT2D eigenvalue weighted by molar-refractivity contribution is 5.05. The van der Waals surface area contributed by atoms with Crippen LogP contribution in [0.25, 0.3) is 0 Å². The Hall–Kier alpha value is -0.860. The maximum absolute atomic E-state index is 8.63. The summed E-state index contributed by atoms with van der Waals surface area (Å²) >= 11 is 0. The van der Waals surface area contributed by atoms with Crippen LogP contribution < -0.4 is 0 Å². The Kier molecular flexibility index (Phi) is 12.6. The van der Waals surface area contributed by atoms with Crippen molar-refractivity contribution in [3.8, 4) is 0 Å². The maximum atomic E-state index is 8.63. The number of rotatable bonds is 11. The standard InChI is InChI=1S/C18H32O2/c1-16(2)8-5-9-17(3)10-6-11-18(4)12-15-20-14-7-13-19/h8,10,12,19H,5-7,9,11,13-15H2,1-4H3. The largest absolute Gasteiger partial charge is 0.396 e. The highest BCUT2D eigenvalue weighted by atomic mass is 16.5. The van der Waals surface area contributed by atoms with E-state index in [9.17, 15) is 0 Å². The number of hydrogen-bond donors (Lipinski definition) is 1. The summed E-state index contributed by atoms with van der Waals surface area (Å²) in [5.41, 5.74) is 4.26. The van der Waals surface area contributed by atoms with E-state index in [4.69, 9.17) is 9.84 Å². The summed E-state index contributed by atoms with van der Waals surface area (Å²) in [6.07, 6.45) is 12.0. The van der Waals surface area contributed by atoms with Gasteiger partial charge in [0.25, 0.3) is 0 Å². The molecule has 0 radical (unpaired) electrons. The zero-order valence-corrected chi connectivity index (χ0v) is 13.7. The van der Waals surface area contributed by atoms with Gasteiger partial charge in [-0.3, -0.25) is 0 Å². The molecule has 0 atom stereocenters. The van der Waals surface area contributed by atoms with Crippen LogP contribution in [0, 0.1) is 0 Å². The summed E-state index contributed by atoms with van der Waals surface area (Å²) in [6, 6.07) is 0. The average molecular weight is 280 g/mol. The van der Waals surface area contributed by atoms with Crippen molar-refractivity contribution >= 4 is 0 Å². The van der Waals surface area contributed by atoms with Crippen LogP contribution in [0.2, 0.25) is 0 Å². The minimum Gasteiger partial charge on any atom is -0.396 e. The first kappa shape index (κ1) is 19.1. The fraction of sp³-hybridized carbons (Fsp3) is 0.667. The Labute approximate surface area is 125 Å². The molecule has 0 rings (SSSR count). The highest BCUT2D eigenvalue weighted by Gasteiger charge is 1.92. The lowest BCUT2D eigenvalue weighted by Gasteiger charge is -2.02. The molecule has 0 saturated carbocycles. The SMILES string of the molecule is CC(C)=CCCC(C)=CCCC(C)=CCOCCCO. The Bertz CT molecular complexity index is 320. The lowest BCUT2D eigenvalue weighted by molar-refractivity contribution is 0.138. The molecule has 0 spiro atoms. The van der Waals surface area contributed by atoms with Crippen LogP contribution in [-0.4, -0.2) is 24.9 Å². The zero-order chi connectivity index (χ0) is 15.2. The monoisotopic (exact) mass is 280 g/mol. The lowest BCUT2D eigenvalue weighted by atomic mass is 10.1. The van der Waals surface area contributed by atoms with Crippen LogP contribution in [0.15, 0.2) is 34.9 Å². The van der Waals surface area contributed by atoms with Gasteiger partial charge >= 0.3 is 0 Å². The molecule has 2 heteroatoms. The molecular weight excluding hydrogens is 248 g/mol. The van der Waals surface area contributed by atoms with Crippen molar-refractivity contribution in [2.75, 3.05) is 19.8 Å². The third-order valence-electron chi connectivity index (χ3n) is 3.12. The van der Waals surface area contributed by atoms with Gasteiger partial charge in [-0.1, -0.05) is 34.9 Å². The van der Waals surface area contributed by atoms with E-state index in [2.05, 4.69) is 45.9 Å². The smallest absolute Gasteiger partial charge is 0.0649 e. The minimum absolute atomic E-state index is 0.208. The van der Waals surface area contributed by atoms with Crippen molar-refractivity contribution in [3.05, 3.63) is 34.9 Å². The molecular formula is C18H32O2. The van der Waals surface area contributed by atoms with Crippen molar-refractivity contribution in [1.29, 1.82) is 0 Å². The van der Waals surface area contributed by atoms with E-state index in [1.54, 1.807) is 0 Å². The van der Waals surface area contributed by atoms with Gasteiger partial charge in [-0.15, -0.1) is 0 Å². The lowest BCUT2D eigenvalue weighted by Crippen LogP contribution is -1.97. The summed E-state index contributed by atoms with van der Waals surface area (Å²) in [5.74, 6) is 0. The van der Waals surface area contributed by atoms with Crippen LogP contribution in [0.4, 0.5) is 0 Å². The average Bonchev–Trinajstić information content (AvgIpc) is 2.38. The van der Waals surface area contributed by atoms with Gasteiger partial charge in [0.2, 0.25) is 0 Å². The summed E-state index contributed by atoms with van der Waals surface area (Å²) in [7, 11) is 0. The van der Waals surface area contributed by atoms with Crippen LogP contribution in [0.5, 0.6) is 0 Å². The molecule has 0 unspecified atom stereocenters. The van der Waals surface area contributed by atoms with Gasteiger partial charge in [-0.25, -0.2) is 0 Å². The van der Waals surface area contributed by atoms with Gasteiger partial charge in [0, 0.05) is 13.2 Å². The van der Waals surface area contributed by atoms with Crippen molar-refractivity contribution in [3.63, 3.8) is 0 Å². The van der Waals surface area contributed by atoms with E-state index < -0.39 is 0 Å². The van der Waals surface area contributed by atoms with E-state index in [-0.39, 0.29) is 6.61 Å². The fourth-order valence-electron chi connectivity index (χ4n) is 1.79. The first-order chi connectivity index (χ1) is 9.56. The van der Waals surface area contributed by atoms with Gasteiger partial charge in [0.15, 0.2) is 0 Å². The summed E-state index contributed by atoms with van der Waals surface area (Å²) in [5, 5.41) is 8.63. The molecule has 116 valence electrons. The highest BCUT2D eigenvalue weighted by Crippen LogP contribution is 2.11. The number of hydrogen-bond acceptors (Lipinski definition) is 2. The molecule has 0 fully saturated rings. The van der Waals surface area contributed by atoms with E-state index in [0.29, 0.717) is 13.2 Å². The molecule has 0 heterocycles. The molecule has 0 aliphatic heterocycles. The number of aliphatic hydroxyl groups is 1. The quantitative estimate of drug-likeness (QED) is 0.435. The van der Waals surface area contributed by atoms with Crippen LogP contribution in [0.3, 0.4) is 0 Å². The van der Waals surface area contributed by atoms with E-state index in [0.717, 1.165) is 32.1 Å². The van der Waals surface area contributed by atoms with Crippen LogP contribution in [0.1, 0.15) is 59.8 Å². The molecule has 0 aliphatic rings. The molecule has 0 saturated heterocycles. The van der Waals surface area contributed by atoms with Crippen molar-refractivity contribution < 1.29 is 9.84 Å². The second kappa shape index (κ2) is 13.1. The molecule has 0 aromatic heterocycles. The molecule has 0 aliphatic carbocycles. The summed E-state index contributed by atoms with van der Waals surface area (Å²) in [6.45, 7) is 10.2. The number of aliphatic hydroxyl groups excluding tert-OH is 1. The molecule has 0 amide bonds. The normalized spacial score (nSPS) is 12.7. The third-order valence-corrected chi connectivity index (χ3v) is 3.12. The Morgan fingerprint density at radius 3 is 2.10 bits per heavy atom. The predicted molar refractivity (Wildman–Crippen MR) is 87.9 cm³/mol.